The van der Waals surface area contributed by atoms with Gasteiger partial charge in [-0.25, -0.2) is 0 Å². The predicted octanol–water partition coefficient (Wildman–Crippen LogP) is 4.30. The molecule has 160 valence electrons. The Morgan fingerprint density at radius 3 is 1.93 bits per heavy atom. The lowest BCUT2D eigenvalue weighted by atomic mass is 9.95. The van der Waals surface area contributed by atoms with E-state index < -0.39 is 0 Å². The van der Waals surface area contributed by atoms with Gasteiger partial charge < -0.3 is 10.2 Å². The van der Waals surface area contributed by atoms with Gasteiger partial charge in [-0.3, -0.25) is 14.6 Å². The molecule has 2 aromatic carbocycles. The van der Waals surface area contributed by atoms with Gasteiger partial charge in [0.2, 0.25) is 0 Å². The normalized spacial score (nSPS) is 18.4. The fraction of sp³-hybridized carbons (Fsp3) is 0.480. The van der Waals surface area contributed by atoms with Crippen molar-refractivity contribution < 1.29 is 15.0 Å². The van der Waals surface area contributed by atoms with Crippen LogP contribution < -0.4 is 0 Å². The third kappa shape index (κ3) is 4.68. The largest absolute Gasteiger partial charge is 0.507 e. The molecule has 0 aromatic heterocycles. The van der Waals surface area contributed by atoms with Gasteiger partial charge in [0.1, 0.15) is 11.5 Å². The van der Waals surface area contributed by atoms with Crippen LogP contribution in [0.4, 0.5) is 0 Å². The van der Waals surface area contributed by atoms with Crippen LogP contribution in [-0.4, -0.2) is 52.0 Å². The van der Waals surface area contributed by atoms with Crippen LogP contribution in [-0.2, 0) is 13.1 Å². The fourth-order valence-corrected chi connectivity index (χ4v) is 4.67. The summed E-state index contributed by atoms with van der Waals surface area (Å²) in [6.07, 6.45) is 7.05. The van der Waals surface area contributed by atoms with E-state index in [0.717, 1.165) is 57.4 Å². The monoisotopic (exact) mass is 408 g/mol. The number of phenolic OH excluding ortho intramolecular Hbond substituents is 2. The van der Waals surface area contributed by atoms with E-state index in [0.29, 0.717) is 24.2 Å². The topological polar surface area (TPSA) is 64.0 Å². The zero-order chi connectivity index (χ0) is 20.9. The zero-order valence-electron chi connectivity index (χ0n) is 17.6. The molecule has 2 heterocycles. The molecule has 0 spiro atoms. The van der Waals surface area contributed by atoms with Crippen molar-refractivity contribution in [1.29, 1.82) is 0 Å². The number of hydrogen-bond donors (Lipinski definition) is 2. The summed E-state index contributed by atoms with van der Waals surface area (Å²) in [7, 11) is 0. The first-order chi connectivity index (χ1) is 14.6. The fourth-order valence-electron chi connectivity index (χ4n) is 4.67. The lowest BCUT2D eigenvalue weighted by Gasteiger charge is -2.29. The molecule has 2 aliphatic rings. The Morgan fingerprint density at radius 2 is 1.33 bits per heavy atom. The number of aromatic hydroxyl groups is 2. The van der Waals surface area contributed by atoms with Crippen molar-refractivity contribution in [3.63, 3.8) is 0 Å². The van der Waals surface area contributed by atoms with E-state index in [1.165, 1.54) is 12.8 Å². The summed E-state index contributed by atoms with van der Waals surface area (Å²) >= 11 is 0. The number of rotatable bonds is 6. The van der Waals surface area contributed by atoms with Crippen LogP contribution in [0.15, 0.2) is 36.4 Å². The summed E-state index contributed by atoms with van der Waals surface area (Å²) in [5.41, 5.74) is 2.07. The van der Waals surface area contributed by atoms with E-state index in [1.54, 1.807) is 18.2 Å². The average molecular weight is 409 g/mol. The third-order valence-corrected chi connectivity index (χ3v) is 6.40. The van der Waals surface area contributed by atoms with Gasteiger partial charge in [-0.2, -0.15) is 0 Å². The summed E-state index contributed by atoms with van der Waals surface area (Å²) in [4.78, 5) is 17.8. The van der Waals surface area contributed by atoms with Crippen LogP contribution in [0.3, 0.4) is 0 Å². The third-order valence-electron chi connectivity index (χ3n) is 6.40. The van der Waals surface area contributed by atoms with Crippen LogP contribution in [0.1, 0.15) is 65.6 Å². The summed E-state index contributed by atoms with van der Waals surface area (Å²) in [6.45, 7) is 5.00. The molecule has 0 bridgehead atoms. The molecule has 2 aromatic rings. The first-order valence-corrected chi connectivity index (χ1v) is 11.2. The molecule has 0 aliphatic carbocycles. The highest BCUT2D eigenvalue weighted by Gasteiger charge is 2.25. The minimum Gasteiger partial charge on any atom is -0.507 e. The summed E-state index contributed by atoms with van der Waals surface area (Å²) in [5.74, 6) is -0.129. The molecule has 2 fully saturated rings. The molecule has 5 heteroatoms. The van der Waals surface area contributed by atoms with Crippen molar-refractivity contribution in [3.05, 3.63) is 58.7 Å². The van der Waals surface area contributed by atoms with Crippen LogP contribution in [0.5, 0.6) is 11.5 Å². The van der Waals surface area contributed by atoms with E-state index in [-0.39, 0.29) is 22.8 Å². The maximum atomic E-state index is 13.2. The molecule has 4 rings (SSSR count). The molecular weight excluding hydrogens is 376 g/mol. The second-order valence-electron chi connectivity index (χ2n) is 8.63. The Hall–Kier alpha value is -2.37. The van der Waals surface area contributed by atoms with E-state index in [9.17, 15) is 15.0 Å². The van der Waals surface area contributed by atoms with Crippen LogP contribution in [0, 0.1) is 0 Å². The van der Waals surface area contributed by atoms with Gasteiger partial charge in [-0.05, 0) is 57.9 Å². The highest BCUT2D eigenvalue weighted by Crippen LogP contribution is 2.37. The van der Waals surface area contributed by atoms with Crippen molar-refractivity contribution in [3.8, 4) is 11.5 Å². The predicted molar refractivity (Wildman–Crippen MR) is 118 cm³/mol. The van der Waals surface area contributed by atoms with Gasteiger partial charge in [0.05, 0.1) is 11.1 Å². The lowest BCUT2D eigenvalue weighted by Crippen LogP contribution is -2.30. The van der Waals surface area contributed by atoms with Gasteiger partial charge in [0.15, 0.2) is 5.78 Å². The Kier molecular flexibility index (Phi) is 6.70. The van der Waals surface area contributed by atoms with E-state index >= 15 is 0 Å². The highest BCUT2D eigenvalue weighted by molar-refractivity contribution is 6.11. The number of ketones is 1. The minimum atomic E-state index is -0.201. The highest BCUT2D eigenvalue weighted by atomic mass is 16.3. The quantitative estimate of drug-likeness (QED) is 0.698. The van der Waals surface area contributed by atoms with Gasteiger partial charge in [-0.1, -0.05) is 43.2 Å². The second kappa shape index (κ2) is 9.63. The maximum Gasteiger partial charge on any atom is 0.196 e. The SMILES string of the molecule is O=C(c1ccccc1)c1cc(CN2CCCCC2)c(O)c(CN2CCCCC2)c1O. The van der Waals surface area contributed by atoms with Crippen molar-refractivity contribution in [2.24, 2.45) is 0 Å². The van der Waals surface area contributed by atoms with Gasteiger partial charge in [0.25, 0.3) is 0 Å². The first-order valence-electron chi connectivity index (χ1n) is 11.2. The van der Waals surface area contributed by atoms with Gasteiger partial charge in [-0.15, -0.1) is 0 Å². The standard InChI is InChI=1S/C25H32N2O3/c28-23(19-10-4-1-5-11-19)21-16-20(17-26-12-6-2-7-13-26)24(29)22(25(21)30)18-27-14-8-3-9-15-27/h1,4-5,10-11,16,29-30H,2-3,6-9,12-15,17-18H2. The number of piperidine rings is 2. The van der Waals surface area contributed by atoms with Crippen molar-refractivity contribution in [1.82, 2.24) is 9.80 Å². The van der Waals surface area contributed by atoms with Crippen molar-refractivity contribution in [2.75, 3.05) is 26.2 Å². The maximum absolute atomic E-state index is 13.2. The molecule has 5 nitrogen and oxygen atoms in total. The Morgan fingerprint density at radius 1 is 0.767 bits per heavy atom. The molecule has 30 heavy (non-hydrogen) atoms. The average Bonchev–Trinajstić information content (AvgIpc) is 2.80. The van der Waals surface area contributed by atoms with Crippen LogP contribution in [0.25, 0.3) is 0 Å². The summed E-state index contributed by atoms with van der Waals surface area (Å²) in [5, 5.41) is 22.1. The second-order valence-corrected chi connectivity index (χ2v) is 8.63. The first kappa shape index (κ1) is 20.9. The number of carbonyl (C=O) groups is 1. The van der Waals surface area contributed by atoms with Crippen LogP contribution >= 0.6 is 0 Å². The molecule has 0 unspecified atom stereocenters. The smallest absolute Gasteiger partial charge is 0.196 e. The molecule has 0 radical (unpaired) electrons. The lowest BCUT2D eigenvalue weighted by molar-refractivity contribution is 0.103. The molecule has 0 saturated carbocycles. The summed E-state index contributed by atoms with van der Waals surface area (Å²) in [6, 6.07) is 10.8. The molecule has 0 amide bonds. The van der Waals surface area contributed by atoms with Gasteiger partial charge >= 0.3 is 0 Å². The number of hydrogen-bond acceptors (Lipinski definition) is 5. The number of phenols is 2. The number of likely N-dealkylation sites (tertiary alicyclic amines) is 2. The summed E-state index contributed by atoms with van der Waals surface area (Å²) < 4.78 is 0. The van der Waals surface area contributed by atoms with E-state index in [1.807, 2.05) is 18.2 Å². The van der Waals surface area contributed by atoms with Crippen molar-refractivity contribution >= 4 is 5.78 Å². The molecule has 2 N–H and O–H groups in total. The molecule has 2 aliphatic heterocycles. The molecule has 0 atom stereocenters. The van der Waals surface area contributed by atoms with E-state index in [2.05, 4.69) is 9.80 Å². The number of carbonyl (C=O) groups excluding carboxylic acids is 1. The number of benzene rings is 2. The van der Waals surface area contributed by atoms with Crippen LogP contribution in [0.2, 0.25) is 0 Å². The van der Waals surface area contributed by atoms with Crippen molar-refractivity contribution in [2.45, 2.75) is 51.6 Å². The Bertz CT molecular complexity index is 870. The molecule has 2 saturated heterocycles. The van der Waals surface area contributed by atoms with E-state index in [4.69, 9.17) is 0 Å². The van der Waals surface area contributed by atoms with Gasteiger partial charge in [0, 0.05) is 24.2 Å². The Labute approximate surface area is 178 Å². The molecular formula is C25H32N2O3. The minimum absolute atomic E-state index is 0.0747. The number of nitrogens with zero attached hydrogens (tertiary/aromatic N) is 2. The Balaban J connectivity index is 1.71. The zero-order valence-corrected chi connectivity index (χ0v) is 17.6.